The van der Waals surface area contributed by atoms with Gasteiger partial charge in [0.1, 0.15) is 0 Å². The zero-order valence-electron chi connectivity index (χ0n) is 9.14. The number of esters is 2. The second-order valence-electron chi connectivity index (χ2n) is 2.85. The molecule has 0 saturated heterocycles. The van der Waals surface area contributed by atoms with Gasteiger partial charge in [-0.15, -0.1) is 0 Å². The summed E-state index contributed by atoms with van der Waals surface area (Å²) in [6, 6.07) is 3.88. The zero-order chi connectivity index (χ0) is 12.1. The van der Waals surface area contributed by atoms with E-state index in [1.807, 2.05) is 0 Å². The maximum Gasteiger partial charge on any atom is 0.386 e. The summed E-state index contributed by atoms with van der Waals surface area (Å²) in [6.07, 6.45) is 0. The minimum absolute atomic E-state index is 0. The second-order valence-corrected chi connectivity index (χ2v) is 2.85. The van der Waals surface area contributed by atoms with Crippen LogP contribution in [0.15, 0.2) is 18.2 Å². The molecule has 0 amide bonds. The fourth-order valence-corrected chi connectivity index (χ4v) is 1.14. The van der Waals surface area contributed by atoms with Gasteiger partial charge in [0.2, 0.25) is 5.39 Å². The first-order valence-electron chi connectivity index (χ1n) is 4.29. The lowest BCUT2D eigenvalue weighted by atomic mass is 10.1. The summed E-state index contributed by atoms with van der Waals surface area (Å²) >= 11 is 0. The number of hydrogen-bond donors (Lipinski definition) is 0. The van der Waals surface area contributed by atoms with Crippen LogP contribution in [0.5, 0.6) is 0 Å². The Morgan fingerprint density at radius 1 is 1.06 bits per heavy atom. The molecule has 0 radical (unpaired) electrons. The molecule has 0 aromatic heterocycles. The summed E-state index contributed by atoms with van der Waals surface area (Å²) in [5, 5.41) is 8.62. The molecule has 0 unspecified atom stereocenters. The quantitative estimate of drug-likeness (QED) is 0.488. The van der Waals surface area contributed by atoms with Gasteiger partial charge in [-0.05, 0) is 6.07 Å². The summed E-state index contributed by atoms with van der Waals surface area (Å²) in [6.45, 7) is 0. The number of carbonyl (C=O) groups is 2. The monoisotopic (exact) mass is 256 g/mol. The third-order valence-electron chi connectivity index (χ3n) is 1.88. The van der Waals surface area contributed by atoms with Crippen LogP contribution in [0.3, 0.4) is 0 Å². The van der Waals surface area contributed by atoms with E-state index in [1.54, 1.807) is 0 Å². The van der Waals surface area contributed by atoms with Crippen molar-refractivity contribution in [2.75, 3.05) is 14.2 Å². The van der Waals surface area contributed by atoms with Crippen molar-refractivity contribution >= 4 is 17.6 Å². The SMILES string of the molecule is COC(=O)c1cc([N+]#N)cc(C(=O)OC)c1.[Cl-]. The van der Waals surface area contributed by atoms with Crippen molar-refractivity contribution in [2.24, 2.45) is 0 Å². The number of nitrogens with zero attached hydrogens (tertiary/aromatic N) is 2. The number of diazo groups is 1. The summed E-state index contributed by atoms with van der Waals surface area (Å²) in [5.41, 5.74) is 0.291. The molecule has 0 saturated carbocycles. The van der Waals surface area contributed by atoms with Crippen molar-refractivity contribution in [3.63, 3.8) is 0 Å². The van der Waals surface area contributed by atoms with Gasteiger partial charge in [0.15, 0.2) is 4.98 Å². The van der Waals surface area contributed by atoms with E-state index in [1.165, 1.54) is 32.4 Å². The molecule has 0 atom stereocenters. The van der Waals surface area contributed by atoms with Crippen molar-refractivity contribution in [1.29, 1.82) is 5.39 Å². The molecular weight excluding hydrogens is 248 g/mol. The Bertz CT molecular complexity index is 447. The van der Waals surface area contributed by atoms with E-state index in [9.17, 15) is 9.59 Å². The average molecular weight is 257 g/mol. The van der Waals surface area contributed by atoms with E-state index in [-0.39, 0.29) is 29.2 Å². The number of halogens is 1. The lowest BCUT2D eigenvalue weighted by Crippen LogP contribution is -3.00. The number of hydrogen-bond acceptors (Lipinski definition) is 5. The third-order valence-corrected chi connectivity index (χ3v) is 1.88. The highest BCUT2D eigenvalue weighted by atomic mass is 35.5. The van der Waals surface area contributed by atoms with Gasteiger partial charge in [0.25, 0.3) is 0 Å². The molecule has 0 fully saturated rings. The molecule has 0 aliphatic rings. The molecule has 0 bridgehead atoms. The lowest BCUT2D eigenvalue weighted by Gasteiger charge is -2.00. The third kappa shape index (κ3) is 3.43. The van der Waals surface area contributed by atoms with Gasteiger partial charge < -0.3 is 21.9 Å². The van der Waals surface area contributed by atoms with E-state index in [4.69, 9.17) is 5.39 Å². The van der Waals surface area contributed by atoms with Crippen molar-refractivity contribution in [3.05, 3.63) is 34.3 Å². The number of carbonyl (C=O) groups excluding carboxylic acids is 2. The van der Waals surface area contributed by atoms with Crippen LogP contribution in [0.4, 0.5) is 5.69 Å². The predicted octanol–water partition coefficient (Wildman–Crippen LogP) is -1.25. The number of ether oxygens (including phenoxy) is 2. The minimum Gasteiger partial charge on any atom is -1.00 e. The molecule has 17 heavy (non-hydrogen) atoms. The zero-order valence-corrected chi connectivity index (χ0v) is 9.89. The molecule has 6 nitrogen and oxygen atoms in total. The first-order chi connectivity index (χ1) is 7.62. The van der Waals surface area contributed by atoms with E-state index in [2.05, 4.69) is 14.4 Å². The van der Waals surface area contributed by atoms with Gasteiger partial charge in [-0.1, -0.05) is 0 Å². The first-order valence-corrected chi connectivity index (χ1v) is 4.29. The maximum atomic E-state index is 11.2. The van der Waals surface area contributed by atoms with Crippen LogP contribution in [0.2, 0.25) is 0 Å². The van der Waals surface area contributed by atoms with Gasteiger partial charge in [0, 0.05) is 12.1 Å². The van der Waals surface area contributed by atoms with Crippen LogP contribution in [-0.2, 0) is 9.47 Å². The van der Waals surface area contributed by atoms with Crippen LogP contribution < -0.4 is 12.4 Å². The van der Waals surface area contributed by atoms with E-state index >= 15 is 0 Å². The van der Waals surface area contributed by atoms with Crippen molar-refractivity contribution < 1.29 is 31.5 Å². The summed E-state index contributed by atoms with van der Waals surface area (Å²) in [5.74, 6) is -1.26. The van der Waals surface area contributed by atoms with Crippen molar-refractivity contribution in [1.82, 2.24) is 0 Å². The van der Waals surface area contributed by atoms with E-state index in [0.717, 1.165) is 0 Å². The summed E-state index contributed by atoms with van der Waals surface area (Å²) < 4.78 is 8.98. The molecule has 0 N–H and O–H groups in total. The molecule has 1 aromatic rings. The second kappa shape index (κ2) is 6.45. The number of rotatable bonds is 2. The fourth-order valence-electron chi connectivity index (χ4n) is 1.14. The van der Waals surface area contributed by atoms with E-state index in [0.29, 0.717) is 0 Å². The molecular formula is C10H9ClN2O4. The largest absolute Gasteiger partial charge is 1.00 e. The standard InChI is InChI=1S/C10H9N2O4.ClH/c1-15-9(13)6-3-7(10(14)16-2)5-8(4-6)12-11;/h3-5H,1-2H3;1H/q+1;/p-1. The Labute approximate surface area is 104 Å². The number of benzene rings is 1. The molecule has 1 aromatic carbocycles. The molecule has 0 aliphatic heterocycles. The molecule has 0 spiro atoms. The van der Waals surface area contributed by atoms with Crippen molar-refractivity contribution in [2.45, 2.75) is 0 Å². The van der Waals surface area contributed by atoms with Crippen LogP contribution in [0, 0.1) is 5.39 Å². The van der Waals surface area contributed by atoms with Gasteiger partial charge in [0.05, 0.1) is 25.3 Å². The van der Waals surface area contributed by atoms with Crippen LogP contribution >= 0.6 is 0 Å². The summed E-state index contributed by atoms with van der Waals surface area (Å²) in [4.78, 5) is 25.4. The van der Waals surface area contributed by atoms with Crippen LogP contribution in [-0.4, -0.2) is 26.2 Å². The molecule has 0 heterocycles. The topological polar surface area (TPSA) is 80.8 Å². The van der Waals surface area contributed by atoms with Crippen LogP contribution in [0.25, 0.3) is 4.98 Å². The van der Waals surface area contributed by atoms with Gasteiger partial charge in [-0.3, -0.25) is 0 Å². The highest BCUT2D eigenvalue weighted by Gasteiger charge is 2.18. The molecule has 0 aliphatic carbocycles. The average Bonchev–Trinajstić information content (AvgIpc) is 2.35. The highest BCUT2D eigenvalue weighted by molar-refractivity contribution is 5.96. The Morgan fingerprint density at radius 2 is 1.47 bits per heavy atom. The summed E-state index contributed by atoms with van der Waals surface area (Å²) in [7, 11) is 2.42. The molecule has 7 heteroatoms. The molecule has 90 valence electrons. The Balaban J connectivity index is 0.00000256. The lowest BCUT2D eigenvalue weighted by molar-refractivity contribution is -0.0000327. The van der Waals surface area contributed by atoms with Gasteiger partial charge in [-0.25, -0.2) is 9.59 Å². The Morgan fingerprint density at radius 3 is 1.76 bits per heavy atom. The smallest absolute Gasteiger partial charge is 0.386 e. The predicted molar refractivity (Wildman–Crippen MR) is 53.9 cm³/mol. The fraction of sp³-hybridized carbons (Fsp3) is 0.200. The highest BCUT2D eigenvalue weighted by Crippen LogP contribution is 2.19. The normalized spacial score (nSPS) is 8.53. The van der Waals surface area contributed by atoms with Crippen molar-refractivity contribution in [3.8, 4) is 0 Å². The van der Waals surface area contributed by atoms with Gasteiger partial charge >= 0.3 is 17.6 Å². The van der Waals surface area contributed by atoms with Gasteiger partial charge in [-0.2, -0.15) is 0 Å². The van der Waals surface area contributed by atoms with E-state index < -0.39 is 11.9 Å². The Kier molecular flexibility index (Phi) is 5.64. The maximum absolute atomic E-state index is 11.2. The minimum atomic E-state index is -0.629. The Hall–Kier alpha value is -2.13. The first kappa shape index (κ1) is 14.9. The number of methoxy groups -OCH3 is 2. The van der Waals surface area contributed by atoms with Crippen LogP contribution in [0.1, 0.15) is 20.7 Å². The molecule has 1 rings (SSSR count).